The molecule has 0 saturated carbocycles. The number of halogens is 2. The second-order valence-corrected chi connectivity index (χ2v) is 8.32. The lowest BCUT2D eigenvalue weighted by atomic mass is 10.2. The molecule has 0 radical (unpaired) electrons. The Balaban J connectivity index is 1.75. The summed E-state index contributed by atoms with van der Waals surface area (Å²) in [5.41, 5.74) is -0.463. The number of benzene rings is 1. The molecule has 3 aromatic rings. The van der Waals surface area contributed by atoms with Crippen LogP contribution in [0.25, 0.3) is 10.2 Å². The monoisotopic (exact) mass is 494 g/mol. The van der Waals surface area contributed by atoms with Crippen molar-refractivity contribution in [2.24, 2.45) is 0 Å². The van der Waals surface area contributed by atoms with E-state index < -0.39 is 34.8 Å². The van der Waals surface area contributed by atoms with Crippen LogP contribution in [0.1, 0.15) is 28.0 Å². The molecule has 2 N–H and O–H groups in total. The first-order chi connectivity index (χ1) is 16.2. The van der Waals surface area contributed by atoms with E-state index in [2.05, 4.69) is 15.3 Å². The molecule has 1 aromatic carbocycles. The van der Waals surface area contributed by atoms with Crippen molar-refractivity contribution in [2.75, 3.05) is 38.7 Å². The highest BCUT2D eigenvalue weighted by Gasteiger charge is 2.21. The summed E-state index contributed by atoms with van der Waals surface area (Å²) < 4.78 is 37.6. The first-order valence-electron chi connectivity index (χ1n) is 10.4. The Labute approximate surface area is 197 Å². The first kappa shape index (κ1) is 25.4. The normalized spacial score (nSPS) is 11.2. The number of methoxy groups -OCH3 is 1. The van der Waals surface area contributed by atoms with Crippen LogP contribution in [0.3, 0.4) is 0 Å². The van der Waals surface area contributed by atoms with E-state index in [1.165, 1.54) is 13.2 Å². The SMILES string of the molecule is CCN(CC(=O)Nc1c(F)cccc1F)Cc1nc2sc(C(=O)OCCOC)c(C)c2c(=O)[nH]1. The van der Waals surface area contributed by atoms with Gasteiger partial charge < -0.3 is 19.8 Å². The molecule has 0 spiro atoms. The Kier molecular flexibility index (Phi) is 8.42. The van der Waals surface area contributed by atoms with Crippen LogP contribution in [0.4, 0.5) is 14.5 Å². The lowest BCUT2D eigenvalue weighted by Gasteiger charge is -2.19. The maximum Gasteiger partial charge on any atom is 0.348 e. The molecule has 0 aliphatic heterocycles. The largest absolute Gasteiger partial charge is 0.459 e. The van der Waals surface area contributed by atoms with Crippen LogP contribution >= 0.6 is 11.3 Å². The zero-order valence-corrected chi connectivity index (χ0v) is 19.7. The van der Waals surface area contributed by atoms with Crippen molar-refractivity contribution in [1.29, 1.82) is 0 Å². The number of nitrogens with one attached hydrogen (secondary N) is 2. The number of aromatic amines is 1. The van der Waals surface area contributed by atoms with Crippen LogP contribution in [0.2, 0.25) is 0 Å². The highest BCUT2D eigenvalue weighted by molar-refractivity contribution is 7.20. The number of hydrogen-bond donors (Lipinski definition) is 2. The summed E-state index contributed by atoms with van der Waals surface area (Å²) in [5.74, 6) is -2.66. The molecule has 0 saturated heterocycles. The molecule has 0 aliphatic carbocycles. The number of ether oxygens (including phenoxy) is 2. The van der Waals surface area contributed by atoms with E-state index in [1.54, 1.807) is 18.7 Å². The molecule has 3 rings (SSSR count). The highest BCUT2D eigenvalue weighted by Crippen LogP contribution is 2.27. The van der Waals surface area contributed by atoms with Gasteiger partial charge in [-0.3, -0.25) is 14.5 Å². The molecule has 0 atom stereocenters. The zero-order valence-electron chi connectivity index (χ0n) is 18.9. The van der Waals surface area contributed by atoms with Gasteiger partial charge in [-0.1, -0.05) is 13.0 Å². The van der Waals surface area contributed by atoms with E-state index in [4.69, 9.17) is 9.47 Å². The van der Waals surface area contributed by atoms with Crippen LogP contribution in [0.5, 0.6) is 0 Å². The van der Waals surface area contributed by atoms with Gasteiger partial charge in [0.05, 0.1) is 25.1 Å². The number of hydrogen-bond acceptors (Lipinski definition) is 8. The average Bonchev–Trinajstić information content (AvgIpc) is 3.12. The average molecular weight is 495 g/mol. The number of nitrogens with zero attached hydrogens (tertiary/aromatic N) is 2. The molecule has 182 valence electrons. The first-order valence-corrected chi connectivity index (χ1v) is 11.2. The van der Waals surface area contributed by atoms with Crippen LogP contribution in [0.15, 0.2) is 23.0 Å². The van der Waals surface area contributed by atoms with Crippen LogP contribution in [-0.4, -0.2) is 60.2 Å². The Hall–Kier alpha value is -3.22. The summed E-state index contributed by atoms with van der Waals surface area (Å²) in [4.78, 5) is 46.8. The number of H-pyrrole nitrogens is 1. The summed E-state index contributed by atoms with van der Waals surface area (Å²) in [5, 5.41) is 2.53. The topological polar surface area (TPSA) is 114 Å². The smallest absolute Gasteiger partial charge is 0.348 e. The third kappa shape index (κ3) is 5.82. The van der Waals surface area contributed by atoms with E-state index in [1.807, 2.05) is 0 Å². The molecular formula is C22H24F2N4O5S. The molecule has 0 unspecified atom stereocenters. The Morgan fingerprint density at radius 3 is 2.59 bits per heavy atom. The molecule has 34 heavy (non-hydrogen) atoms. The fourth-order valence-corrected chi connectivity index (χ4v) is 4.33. The third-order valence-corrected chi connectivity index (χ3v) is 6.14. The van der Waals surface area contributed by atoms with E-state index in [9.17, 15) is 23.2 Å². The van der Waals surface area contributed by atoms with Gasteiger partial charge >= 0.3 is 5.97 Å². The lowest BCUT2D eigenvalue weighted by Crippen LogP contribution is -2.34. The van der Waals surface area contributed by atoms with Gasteiger partial charge in [0.15, 0.2) is 0 Å². The van der Waals surface area contributed by atoms with Crippen LogP contribution in [0, 0.1) is 18.6 Å². The summed E-state index contributed by atoms with van der Waals surface area (Å²) in [6.07, 6.45) is 0. The predicted molar refractivity (Wildman–Crippen MR) is 123 cm³/mol. The van der Waals surface area contributed by atoms with Gasteiger partial charge in [0.25, 0.3) is 5.56 Å². The number of carbonyl (C=O) groups is 2. The van der Waals surface area contributed by atoms with Crippen molar-refractivity contribution in [1.82, 2.24) is 14.9 Å². The van der Waals surface area contributed by atoms with Crippen molar-refractivity contribution in [3.05, 3.63) is 56.5 Å². The maximum atomic E-state index is 13.8. The number of aryl methyl sites for hydroxylation is 1. The fourth-order valence-electron chi connectivity index (χ4n) is 3.23. The molecule has 0 bridgehead atoms. The third-order valence-electron chi connectivity index (χ3n) is 4.97. The molecular weight excluding hydrogens is 470 g/mol. The van der Waals surface area contributed by atoms with Gasteiger partial charge in [-0.15, -0.1) is 11.3 Å². The van der Waals surface area contributed by atoms with Gasteiger partial charge in [-0.25, -0.2) is 18.6 Å². The van der Waals surface area contributed by atoms with E-state index in [0.29, 0.717) is 22.3 Å². The van der Waals surface area contributed by atoms with Gasteiger partial charge in [0.2, 0.25) is 5.91 Å². The minimum Gasteiger partial charge on any atom is -0.459 e. The standard InChI is InChI=1S/C22H24F2N4O5S/c1-4-28(11-16(29)27-18-13(23)6-5-7-14(18)24)10-15-25-20(30)17-12(2)19(34-21(17)26-15)22(31)33-9-8-32-3/h5-7H,4,8-11H2,1-3H3,(H,27,29)(H,25,26,30). The molecule has 2 heterocycles. The molecule has 2 aromatic heterocycles. The summed E-state index contributed by atoms with van der Waals surface area (Å²) in [7, 11) is 1.49. The fraction of sp³-hybridized carbons (Fsp3) is 0.364. The predicted octanol–water partition coefficient (Wildman–Crippen LogP) is 2.84. The van der Waals surface area contributed by atoms with Gasteiger partial charge in [0.1, 0.15) is 39.5 Å². The van der Waals surface area contributed by atoms with E-state index >= 15 is 0 Å². The minimum atomic E-state index is -0.877. The van der Waals surface area contributed by atoms with Crippen LogP contribution < -0.4 is 10.9 Å². The van der Waals surface area contributed by atoms with E-state index in [-0.39, 0.29) is 37.0 Å². The number of fused-ring (bicyclic) bond motifs is 1. The zero-order chi connectivity index (χ0) is 24.8. The summed E-state index contributed by atoms with van der Waals surface area (Å²) >= 11 is 1.04. The Morgan fingerprint density at radius 1 is 1.24 bits per heavy atom. The van der Waals surface area contributed by atoms with Crippen LogP contribution in [-0.2, 0) is 20.8 Å². The van der Waals surface area contributed by atoms with Gasteiger partial charge in [-0.2, -0.15) is 0 Å². The Bertz CT molecular complexity index is 1240. The number of likely N-dealkylation sites (N-methyl/N-ethyl adjacent to an activating group) is 1. The highest BCUT2D eigenvalue weighted by atomic mass is 32.1. The molecule has 0 aliphatic rings. The second kappa shape index (κ2) is 11.3. The number of esters is 1. The Morgan fingerprint density at radius 2 is 1.94 bits per heavy atom. The van der Waals surface area contributed by atoms with Crippen molar-refractivity contribution in [3.63, 3.8) is 0 Å². The maximum absolute atomic E-state index is 13.8. The minimum absolute atomic E-state index is 0.0857. The van der Waals surface area contributed by atoms with Crippen molar-refractivity contribution in [3.8, 4) is 0 Å². The second-order valence-electron chi connectivity index (χ2n) is 7.33. The number of aromatic nitrogens is 2. The number of amides is 1. The van der Waals surface area contributed by atoms with Crippen molar-refractivity contribution in [2.45, 2.75) is 20.4 Å². The van der Waals surface area contributed by atoms with E-state index in [0.717, 1.165) is 23.5 Å². The number of rotatable bonds is 10. The molecule has 0 fully saturated rings. The summed E-state index contributed by atoms with van der Waals surface area (Å²) in [6, 6.07) is 3.30. The lowest BCUT2D eigenvalue weighted by molar-refractivity contribution is -0.117. The number of thiophene rings is 1. The number of carbonyl (C=O) groups excluding carboxylic acids is 2. The molecule has 1 amide bonds. The van der Waals surface area contributed by atoms with Crippen molar-refractivity contribution < 1.29 is 27.8 Å². The molecule has 12 heteroatoms. The quantitative estimate of drug-likeness (QED) is 0.329. The number of para-hydroxylation sites is 1. The number of anilines is 1. The molecule has 9 nitrogen and oxygen atoms in total. The van der Waals surface area contributed by atoms with Gasteiger partial charge in [0, 0.05) is 7.11 Å². The van der Waals surface area contributed by atoms with Gasteiger partial charge in [-0.05, 0) is 31.2 Å². The summed E-state index contributed by atoms with van der Waals surface area (Å²) in [6.45, 7) is 4.08. The van der Waals surface area contributed by atoms with Crippen molar-refractivity contribution >= 4 is 39.1 Å².